The lowest BCUT2D eigenvalue weighted by Crippen LogP contribution is -2.39. The van der Waals surface area contributed by atoms with Crippen molar-refractivity contribution in [2.24, 2.45) is 0 Å². The van der Waals surface area contributed by atoms with E-state index in [1.165, 1.54) is 0 Å². The lowest BCUT2D eigenvalue weighted by Gasteiger charge is -2.21. The Bertz CT molecular complexity index is 212. The molecule has 4 N–H and O–H groups in total. The number of hydrogen-bond acceptors (Lipinski definition) is 5. The Kier molecular flexibility index (Phi) is 8.75. The first-order valence-electron chi connectivity index (χ1n) is 6.85. The molecule has 18 heavy (non-hydrogen) atoms. The summed E-state index contributed by atoms with van der Waals surface area (Å²) < 4.78 is 0. The Morgan fingerprint density at radius 3 is 2.17 bits per heavy atom. The molecule has 0 aromatic carbocycles. The normalized spacial score (nSPS) is 22.2. The lowest BCUT2D eigenvalue weighted by molar-refractivity contribution is -0.138. The summed E-state index contributed by atoms with van der Waals surface area (Å²) in [5, 5.41) is 18.9. The van der Waals surface area contributed by atoms with Crippen molar-refractivity contribution in [1.82, 2.24) is 20.9 Å². The van der Waals surface area contributed by atoms with Crippen LogP contribution in [-0.2, 0) is 4.79 Å². The summed E-state index contributed by atoms with van der Waals surface area (Å²) in [5.74, 6) is -0.740. The van der Waals surface area contributed by atoms with Gasteiger partial charge in [0.2, 0.25) is 0 Å². The third-order valence-electron chi connectivity index (χ3n) is 3.00. The third kappa shape index (κ3) is 8.41. The molecule has 0 unspecified atom stereocenters. The lowest BCUT2D eigenvalue weighted by atomic mass is 10.2. The van der Waals surface area contributed by atoms with Gasteiger partial charge in [0, 0.05) is 39.3 Å². The monoisotopic (exact) mass is 258 g/mol. The molecule has 1 fully saturated rings. The van der Waals surface area contributed by atoms with Gasteiger partial charge in [-0.1, -0.05) is 0 Å². The zero-order valence-corrected chi connectivity index (χ0v) is 11.1. The van der Waals surface area contributed by atoms with Crippen LogP contribution in [-0.4, -0.2) is 74.9 Å². The molecule has 1 saturated heterocycles. The van der Waals surface area contributed by atoms with Crippen LogP contribution in [0.1, 0.15) is 12.8 Å². The number of aliphatic carboxylic acids is 1. The fraction of sp³-hybridized carbons (Fsp3) is 0.917. The van der Waals surface area contributed by atoms with Crippen molar-refractivity contribution >= 4 is 5.97 Å². The van der Waals surface area contributed by atoms with Crippen molar-refractivity contribution in [3.63, 3.8) is 0 Å². The molecular weight excluding hydrogens is 232 g/mol. The summed E-state index contributed by atoms with van der Waals surface area (Å²) in [4.78, 5) is 12.8. The molecule has 0 aromatic heterocycles. The minimum absolute atomic E-state index is 0.146. The van der Waals surface area contributed by atoms with Crippen molar-refractivity contribution in [2.45, 2.75) is 12.8 Å². The van der Waals surface area contributed by atoms with Crippen LogP contribution in [0.15, 0.2) is 0 Å². The molecule has 0 aromatic rings. The van der Waals surface area contributed by atoms with Crippen molar-refractivity contribution in [3.8, 4) is 0 Å². The maximum atomic E-state index is 10.8. The second kappa shape index (κ2) is 10.3. The SMILES string of the molecule is O=C(O)CN1CCCCNCCNCCNCC1. The minimum atomic E-state index is -0.740. The molecule has 6 heteroatoms. The fourth-order valence-corrected chi connectivity index (χ4v) is 2.01. The molecule has 0 amide bonds. The number of nitrogens with zero attached hydrogens (tertiary/aromatic N) is 1. The number of carboxylic acids is 1. The highest BCUT2D eigenvalue weighted by Crippen LogP contribution is 1.95. The van der Waals surface area contributed by atoms with Crippen LogP contribution in [0.3, 0.4) is 0 Å². The van der Waals surface area contributed by atoms with E-state index in [1.54, 1.807) is 0 Å². The average molecular weight is 258 g/mol. The molecule has 1 aliphatic rings. The zero-order chi connectivity index (χ0) is 13.1. The molecule has 1 heterocycles. The summed E-state index contributed by atoms with van der Waals surface area (Å²) in [7, 11) is 0. The second-order valence-electron chi connectivity index (χ2n) is 4.63. The van der Waals surface area contributed by atoms with Gasteiger partial charge in [-0.3, -0.25) is 9.69 Å². The Balaban J connectivity index is 2.26. The highest BCUT2D eigenvalue weighted by Gasteiger charge is 2.08. The molecule has 0 radical (unpaired) electrons. The Labute approximate surface area is 109 Å². The van der Waals surface area contributed by atoms with Gasteiger partial charge < -0.3 is 21.1 Å². The van der Waals surface area contributed by atoms with E-state index in [0.29, 0.717) is 0 Å². The van der Waals surface area contributed by atoms with Crippen LogP contribution in [0.5, 0.6) is 0 Å². The Hall–Kier alpha value is -0.690. The van der Waals surface area contributed by atoms with E-state index in [-0.39, 0.29) is 6.54 Å². The summed E-state index contributed by atoms with van der Waals surface area (Å²) in [6.45, 7) is 7.59. The number of nitrogens with one attached hydrogen (secondary N) is 3. The van der Waals surface area contributed by atoms with E-state index < -0.39 is 5.97 Å². The maximum Gasteiger partial charge on any atom is 0.317 e. The number of carboxylic acid groups (broad SMARTS) is 1. The van der Waals surface area contributed by atoms with Crippen molar-refractivity contribution < 1.29 is 9.90 Å². The zero-order valence-electron chi connectivity index (χ0n) is 11.1. The summed E-state index contributed by atoms with van der Waals surface area (Å²) in [6, 6.07) is 0. The van der Waals surface area contributed by atoms with E-state index in [9.17, 15) is 4.79 Å². The largest absolute Gasteiger partial charge is 0.480 e. The number of rotatable bonds is 2. The molecule has 0 bridgehead atoms. The summed E-state index contributed by atoms with van der Waals surface area (Å²) in [6.07, 6.45) is 2.15. The van der Waals surface area contributed by atoms with E-state index >= 15 is 0 Å². The molecule has 0 spiro atoms. The summed E-state index contributed by atoms with van der Waals surface area (Å²) >= 11 is 0. The molecular formula is C12H26N4O2. The highest BCUT2D eigenvalue weighted by molar-refractivity contribution is 5.69. The van der Waals surface area contributed by atoms with Gasteiger partial charge in [-0.2, -0.15) is 0 Å². The first kappa shape index (κ1) is 15.4. The van der Waals surface area contributed by atoms with E-state index in [0.717, 1.165) is 65.2 Å². The Morgan fingerprint density at radius 2 is 1.50 bits per heavy atom. The smallest absolute Gasteiger partial charge is 0.317 e. The molecule has 0 atom stereocenters. The Morgan fingerprint density at radius 1 is 0.889 bits per heavy atom. The third-order valence-corrected chi connectivity index (χ3v) is 3.00. The first-order valence-corrected chi connectivity index (χ1v) is 6.85. The van der Waals surface area contributed by atoms with Gasteiger partial charge in [0.25, 0.3) is 0 Å². The number of carbonyl (C=O) groups is 1. The topological polar surface area (TPSA) is 76.6 Å². The number of hydrogen-bond donors (Lipinski definition) is 4. The highest BCUT2D eigenvalue weighted by atomic mass is 16.4. The van der Waals surface area contributed by atoms with Gasteiger partial charge in [-0.05, 0) is 25.9 Å². The van der Waals surface area contributed by atoms with Gasteiger partial charge in [-0.15, -0.1) is 0 Å². The van der Waals surface area contributed by atoms with Crippen LogP contribution < -0.4 is 16.0 Å². The molecule has 0 aliphatic carbocycles. The molecule has 1 rings (SSSR count). The van der Waals surface area contributed by atoms with Crippen molar-refractivity contribution in [3.05, 3.63) is 0 Å². The molecule has 6 nitrogen and oxygen atoms in total. The standard InChI is InChI=1S/C12H26N4O2/c17-12(18)11-16-9-2-1-3-13-4-5-14-6-7-15-8-10-16/h13-15H,1-11H2,(H,17,18). The van der Waals surface area contributed by atoms with E-state index in [1.807, 2.05) is 4.90 Å². The predicted molar refractivity (Wildman–Crippen MR) is 71.9 cm³/mol. The van der Waals surface area contributed by atoms with Gasteiger partial charge in [0.15, 0.2) is 0 Å². The summed E-state index contributed by atoms with van der Waals surface area (Å²) in [5.41, 5.74) is 0. The van der Waals surface area contributed by atoms with Gasteiger partial charge in [-0.25, -0.2) is 0 Å². The molecule has 106 valence electrons. The van der Waals surface area contributed by atoms with Crippen LogP contribution in [0, 0.1) is 0 Å². The fourth-order valence-electron chi connectivity index (χ4n) is 2.01. The van der Waals surface area contributed by atoms with Crippen LogP contribution >= 0.6 is 0 Å². The molecule has 1 aliphatic heterocycles. The maximum absolute atomic E-state index is 10.8. The van der Waals surface area contributed by atoms with Crippen LogP contribution in [0.2, 0.25) is 0 Å². The molecule has 0 saturated carbocycles. The van der Waals surface area contributed by atoms with Gasteiger partial charge >= 0.3 is 5.97 Å². The quantitative estimate of drug-likeness (QED) is 0.506. The second-order valence-corrected chi connectivity index (χ2v) is 4.63. The van der Waals surface area contributed by atoms with Crippen LogP contribution in [0.25, 0.3) is 0 Å². The van der Waals surface area contributed by atoms with Crippen molar-refractivity contribution in [2.75, 3.05) is 58.9 Å². The van der Waals surface area contributed by atoms with E-state index in [4.69, 9.17) is 5.11 Å². The minimum Gasteiger partial charge on any atom is -0.480 e. The predicted octanol–water partition coefficient (Wildman–Crippen LogP) is -1.06. The van der Waals surface area contributed by atoms with Gasteiger partial charge in [0.05, 0.1) is 6.54 Å². The first-order chi connectivity index (χ1) is 8.79. The van der Waals surface area contributed by atoms with Crippen molar-refractivity contribution in [1.29, 1.82) is 0 Å². The van der Waals surface area contributed by atoms with Gasteiger partial charge in [0.1, 0.15) is 0 Å². The van der Waals surface area contributed by atoms with E-state index in [2.05, 4.69) is 16.0 Å². The van der Waals surface area contributed by atoms with Crippen LogP contribution in [0.4, 0.5) is 0 Å². The average Bonchev–Trinajstić information content (AvgIpc) is 2.33.